The van der Waals surface area contributed by atoms with E-state index >= 15 is 0 Å². The zero-order valence-corrected chi connectivity index (χ0v) is 15.9. The number of carbonyl (C=O) groups is 1. The molecule has 2 aromatic carbocycles. The van der Waals surface area contributed by atoms with Crippen LogP contribution in [-0.2, 0) is 24.3 Å². The molecule has 2 N–H and O–H groups in total. The summed E-state index contributed by atoms with van der Waals surface area (Å²) < 4.78 is 5.14. The Balaban J connectivity index is 1.47. The molecule has 3 rings (SSSR count). The zero-order valence-electron chi connectivity index (χ0n) is 15.9. The van der Waals surface area contributed by atoms with Crippen molar-refractivity contribution in [3.63, 3.8) is 0 Å². The molecule has 0 radical (unpaired) electrons. The topological polar surface area (TPSA) is 66.0 Å². The van der Waals surface area contributed by atoms with Crippen LogP contribution in [0.5, 0.6) is 5.75 Å². The van der Waals surface area contributed by atoms with E-state index < -0.39 is 0 Å². The molecule has 0 saturated carbocycles. The van der Waals surface area contributed by atoms with Gasteiger partial charge in [0, 0.05) is 26.7 Å². The van der Waals surface area contributed by atoms with Gasteiger partial charge in [0.15, 0.2) is 5.96 Å². The number of carbonyl (C=O) groups excluding carboxylic acids is 1. The fraction of sp³-hybridized carbons (Fsp3) is 0.333. The Morgan fingerprint density at radius 2 is 1.85 bits per heavy atom. The molecule has 0 saturated heterocycles. The van der Waals surface area contributed by atoms with Gasteiger partial charge in [-0.3, -0.25) is 9.79 Å². The van der Waals surface area contributed by atoms with E-state index in [1.165, 1.54) is 11.1 Å². The third-order valence-electron chi connectivity index (χ3n) is 4.70. The Morgan fingerprint density at radius 1 is 1.11 bits per heavy atom. The number of methoxy groups -OCH3 is 1. The van der Waals surface area contributed by atoms with Crippen molar-refractivity contribution < 1.29 is 9.53 Å². The van der Waals surface area contributed by atoms with E-state index in [2.05, 4.69) is 44.8 Å². The molecule has 0 aliphatic carbocycles. The van der Waals surface area contributed by atoms with Crippen LogP contribution in [0.3, 0.4) is 0 Å². The Bertz CT molecular complexity index is 802. The number of guanidine groups is 1. The van der Waals surface area contributed by atoms with Crippen LogP contribution in [0, 0.1) is 0 Å². The molecule has 0 fully saturated rings. The smallest absolute Gasteiger partial charge is 0.239 e. The average molecular weight is 366 g/mol. The molecular formula is C21H26N4O2. The first kappa shape index (κ1) is 18.8. The minimum Gasteiger partial charge on any atom is -0.497 e. The number of benzene rings is 2. The van der Waals surface area contributed by atoms with Crippen molar-refractivity contribution in [2.24, 2.45) is 4.99 Å². The molecule has 0 atom stereocenters. The molecule has 27 heavy (non-hydrogen) atoms. The van der Waals surface area contributed by atoms with E-state index in [9.17, 15) is 4.79 Å². The van der Waals surface area contributed by atoms with Crippen LogP contribution in [0.1, 0.15) is 16.7 Å². The summed E-state index contributed by atoms with van der Waals surface area (Å²) in [7, 11) is 3.38. The Morgan fingerprint density at radius 3 is 2.56 bits per heavy atom. The molecule has 6 heteroatoms. The van der Waals surface area contributed by atoms with Gasteiger partial charge in [0.1, 0.15) is 5.75 Å². The van der Waals surface area contributed by atoms with Crippen LogP contribution in [0.2, 0.25) is 0 Å². The summed E-state index contributed by atoms with van der Waals surface area (Å²) in [4.78, 5) is 18.7. The van der Waals surface area contributed by atoms with Gasteiger partial charge < -0.3 is 20.3 Å². The van der Waals surface area contributed by atoms with Crippen molar-refractivity contribution in [2.45, 2.75) is 19.5 Å². The van der Waals surface area contributed by atoms with E-state index in [1.54, 1.807) is 14.2 Å². The first-order chi connectivity index (χ1) is 13.2. The highest BCUT2D eigenvalue weighted by Gasteiger charge is 2.18. The lowest BCUT2D eigenvalue weighted by Gasteiger charge is -2.31. The van der Waals surface area contributed by atoms with Gasteiger partial charge in [-0.2, -0.15) is 0 Å². The summed E-state index contributed by atoms with van der Waals surface area (Å²) in [5.74, 6) is 1.49. The van der Waals surface area contributed by atoms with Gasteiger partial charge in [0.25, 0.3) is 0 Å². The van der Waals surface area contributed by atoms with Gasteiger partial charge in [-0.1, -0.05) is 36.4 Å². The van der Waals surface area contributed by atoms with Gasteiger partial charge in [-0.25, -0.2) is 0 Å². The molecule has 0 spiro atoms. The highest BCUT2D eigenvalue weighted by Crippen LogP contribution is 2.18. The summed E-state index contributed by atoms with van der Waals surface area (Å²) in [6, 6.07) is 16.1. The lowest BCUT2D eigenvalue weighted by Crippen LogP contribution is -2.47. The van der Waals surface area contributed by atoms with E-state index in [1.807, 2.05) is 24.3 Å². The number of ether oxygens (including phenoxy) is 1. The fourth-order valence-corrected chi connectivity index (χ4v) is 3.17. The second-order valence-electron chi connectivity index (χ2n) is 6.47. The van der Waals surface area contributed by atoms with Gasteiger partial charge in [-0.05, 0) is 35.2 Å². The van der Waals surface area contributed by atoms with Crippen molar-refractivity contribution in [3.05, 3.63) is 65.2 Å². The zero-order chi connectivity index (χ0) is 19.1. The van der Waals surface area contributed by atoms with Crippen LogP contribution in [0.15, 0.2) is 53.5 Å². The molecule has 6 nitrogen and oxygen atoms in total. The summed E-state index contributed by atoms with van der Waals surface area (Å²) in [6.45, 7) is 2.38. The molecule has 142 valence electrons. The van der Waals surface area contributed by atoms with E-state index in [4.69, 9.17) is 4.74 Å². The first-order valence-electron chi connectivity index (χ1n) is 9.11. The summed E-state index contributed by atoms with van der Waals surface area (Å²) in [5, 5.41) is 6.09. The number of amides is 1. The highest BCUT2D eigenvalue weighted by molar-refractivity contribution is 5.86. The molecule has 0 bridgehead atoms. The number of hydrogen-bond donors (Lipinski definition) is 2. The Labute approximate surface area is 160 Å². The summed E-state index contributed by atoms with van der Waals surface area (Å²) in [6.07, 6.45) is 0.987. The van der Waals surface area contributed by atoms with Gasteiger partial charge in [0.05, 0.1) is 13.7 Å². The number of hydrogen-bond acceptors (Lipinski definition) is 3. The van der Waals surface area contributed by atoms with Crippen LogP contribution < -0.4 is 15.4 Å². The maximum Gasteiger partial charge on any atom is 0.239 e. The van der Waals surface area contributed by atoms with Crippen molar-refractivity contribution in [2.75, 3.05) is 27.2 Å². The van der Waals surface area contributed by atoms with Gasteiger partial charge >= 0.3 is 0 Å². The maximum absolute atomic E-state index is 12.2. The number of nitrogens with zero attached hydrogens (tertiary/aromatic N) is 2. The number of nitrogens with one attached hydrogen (secondary N) is 2. The highest BCUT2D eigenvalue weighted by atomic mass is 16.5. The Kier molecular flexibility index (Phi) is 6.30. The largest absolute Gasteiger partial charge is 0.497 e. The minimum atomic E-state index is -0.0654. The predicted molar refractivity (Wildman–Crippen MR) is 107 cm³/mol. The van der Waals surface area contributed by atoms with Crippen molar-refractivity contribution >= 4 is 11.9 Å². The summed E-state index contributed by atoms with van der Waals surface area (Å²) >= 11 is 0. The predicted octanol–water partition coefficient (Wildman–Crippen LogP) is 1.95. The third kappa shape index (κ3) is 5.00. The number of rotatable bonds is 5. The quantitative estimate of drug-likeness (QED) is 0.627. The standard InChI is InChI=1S/C21H26N4O2/c1-22-21(25-12-11-17-5-3-4-6-18(17)15-25)24-14-20(26)23-13-16-7-9-19(27-2)10-8-16/h3-10H,11-15H2,1-2H3,(H,22,24)(H,23,26). The van der Waals surface area contributed by atoms with Crippen molar-refractivity contribution in [1.29, 1.82) is 0 Å². The second-order valence-corrected chi connectivity index (χ2v) is 6.47. The van der Waals surface area contributed by atoms with Crippen LogP contribution in [-0.4, -0.2) is 44.0 Å². The second kappa shape index (κ2) is 9.07. The molecule has 1 heterocycles. The van der Waals surface area contributed by atoms with Crippen LogP contribution in [0.4, 0.5) is 0 Å². The van der Waals surface area contributed by atoms with Crippen LogP contribution >= 0.6 is 0 Å². The SMILES string of the molecule is CN=C(NCC(=O)NCc1ccc(OC)cc1)N1CCc2ccccc2C1. The van der Waals surface area contributed by atoms with Crippen molar-refractivity contribution in [3.8, 4) is 5.75 Å². The molecule has 1 amide bonds. The van der Waals surface area contributed by atoms with Crippen molar-refractivity contribution in [1.82, 2.24) is 15.5 Å². The summed E-state index contributed by atoms with van der Waals surface area (Å²) in [5.41, 5.74) is 3.73. The van der Waals surface area contributed by atoms with E-state index in [0.29, 0.717) is 6.54 Å². The first-order valence-corrected chi connectivity index (χ1v) is 9.11. The monoisotopic (exact) mass is 366 g/mol. The Hall–Kier alpha value is -3.02. The fourth-order valence-electron chi connectivity index (χ4n) is 3.17. The number of fused-ring (bicyclic) bond motifs is 1. The normalized spacial score (nSPS) is 13.7. The molecule has 1 aliphatic rings. The maximum atomic E-state index is 12.2. The number of aliphatic imine (C=N–C) groups is 1. The third-order valence-corrected chi connectivity index (χ3v) is 4.70. The lowest BCUT2D eigenvalue weighted by molar-refractivity contribution is -0.120. The van der Waals surface area contributed by atoms with E-state index in [0.717, 1.165) is 36.8 Å². The lowest BCUT2D eigenvalue weighted by atomic mass is 10.0. The van der Waals surface area contributed by atoms with Gasteiger partial charge in [0.2, 0.25) is 5.91 Å². The minimum absolute atomic E-state index is 0.0654. The molecule has 1 aliphatic heterocycles. The molecular weight excluding hydrogens is 340 g/mol. The van der Waals surface area contributed by atoms with Gasteiger partial charge in [-0.15, -0.1) is 0 Å². The molecule has 0 unspecified atom stereocenters. The molecule has 2 aromatic rings. The molecule has 0 aromatic heterocycles. The van der Waals surface area contributed by atoms with Crippen LogP contribution in [0.25, 0.3) is 0 Å². The average Bonchev–Trinajstić information content (AvgIpc) is 2.73. The van der Waals surface area contributed by atoms with E-state index in [-0.39, 0.29) is 12.5 Å².